The maximum atomic E-state index is 12.3. The first-order valence-corrected chi connectivity index (χ1v) is 9.19. The Morgan fingerprint density at radius 1 is 1.36 bits per heavy atom. The van der Waals surface area contributed by atoms with E-state index in [2.05, 4.69) is 4.98 Å². The SMILES string of the molecule is O=S(=O)(Cc1cnc2ccccc2c1)CC(O)C1CCCO1. The van der Waals surface area contributed by atoms with Crippen molar-refractivity contribution in [3.05, 3.63) is 42.1 Å². The molecule has 0 amide bonds. The fourth-order valence-electron chi connectivity index (χ4n) is 2.78. The number of para-hydroxylation sites is 1. The van der Waals surface area contributed by atoms with Gasteiger partial charge in [0, 0.05) is 18.2 Å². The number of fused-ring (bicyclic) bond motifs is 1. The summed E-state index contributed by atoms with van der Waals surface area (Å²) in [6.45, 7) is 0.594. The molecule has 0 spiro atoms. The van der Waals surface area contributed by atoms with E-state index in [0.717, 1.165) is 17.3 Å². The zero-order chi connectivity index (χ0) is 15.6. The van der Waals surface area contributed by atoms with Crippen LogP contribution in [0.15, 0.2) is 36.5 Å². The van der Waals surface area contributed by atoms with E-state index in [1.165, 1.54) is 0 Å². The molecule has 0 aliphatic carbocycles. The predicted molar refractivity (Wildman–Crippen MR) is 84.2 cm³/mol. The van der Waals surface area contributed by atoms with Gasteiger partial charge >= 0.3 is 0 Å². The van der Waals surface area contributed by atoms with Gasteiger partial charge < -0.3 is 9.84 Å². The Kier molecular flexibility index (Phi) is 4.42. The predicted octanol–water partition coefficient (Wildman–Crippen LogP) is 1.69. The normalized spacial score (nSPS) is 20.3. The van der Waals surface area contributed by atoms with E-state index in [1.807, 2.05) is 30.3 Å². The number of aromatic nitrogens is 1. The fourth-order valence-corrected chi connectivity index (χ4v) is 4.30. The molecule has 5 nitrogen and oxygen atoms in total. The quantitative estimate of drug-likeness (QED) is 0.907. The van der Waals surface area contributed by atoms with Gasteiger partial charge in [-0.15, -0.1) is 0 Å². The van der Waals surface area contributed by atoms with Crippen LogP contribution in [0.3, 0.4) is 0 Å². The Bertz CT molecular complexity index is 754. The van der Waals surface area contributed by atoms with Crippen molar-refractivity contribution >= 4 is 20.7 Å². The first-order valence-electron chi connectivity index (χ1n) is 7.37. The lowest BCUT2D eigenvalue weighted by Gasteiger charge is -2.17. The summed E-state index contributed by atoms with van der Waals surface area (Å²) in [6, 6.07) is 9.40. The van der Waals surface area contributed by atoms with E-state index in [1.54, 1.807) is 6.20 Å². The van der Waals surface area contributed by atoms with Crippen molar-refractivity contribution in [1.82, 2.24) is 4.98 Å². The molecule has 2 heterocycles. The third-order valence-corrected chi connectivity index (χ3v) is 5.47. The van der Waals surface area contributed by atoms with Crippen molar-refractivity contribution in [2.24, 2.45) is 0 Å². The molecular formula is C16H19NO4S. The molecule has 1 aromatic carbocycles. The van der Waals surface area contributed by atoms with Crippen molar-refractivity contribution < 1.29 is 18.3 Å². The molecule has 2 aromatic rings. The highest BCUT2D eigenvalue weighted by Gasteiger charge is 2.28. The summed E-state index contributed by atoms with van der Waals surface area (Å²) in [4.78, 5) is 4.27. The van der Waals surface area contributed by atoms with Crippen LogP contribution in [0.25, 0.3) is 10.9 Å². The minimum Gasteiger partial charge on any atom is -0.389 e. The summed E-state index contributed by atoms with van der Waals surface area (Å²) >= 11 is 0. The summed E-state index contributed by atoms with van der Waals surface area (Å²) in [5.74, 6) is -0.390. The number of rotatable bonds is 5. The molecule has 1 aliphatic heterocycles. The monoisotopic (exact) mass is 321 g/mol. The second-order valence-electron chi connectivity index (χ2n) is 5.71. The van der Waals surface area contributed by atoms with Crippen LogP contribution < -0.4 is 0 Å². The Balaban J connectivity index is 1.71. The van der Waals surface area contributed by atoms with Gasteiger partial charge in [-0.3, -0.25) is 4.98 Å². The van der Waals surface area contributed by atoms with E-state index in [-0.39, 0.29) is 17.6 Å². The molecule has 1 aromatic heterocycles. The maximum absolute atomic E-state index is 12.3. The number of sulfone groups is 1. The van der Waals surface area contributed by atoms with Crippen LogP contribution in [-0.4, -0.2) is 43.1 Å². The number of hydrogen-bond donors (Lipinski definition) is 1. The molecule has 6 heteroatoms. The minimum absolute atomic E-state index is 0.116. The number of nitrogens with zero attached hydrogens (tertiary/aromatic N) is 1. The topological polar surface area (TPSA) is 76.5 Å². The Morgan fingerprint density at radius 3 is 2.95 bits per heavy atom. The highest BCUT2D eigenvalue weighted by atomic mass is 32.2. The number of aliphatic hydroxyl groups excluding tert-OH is 1. The zero-order valence-corrected chi connectivity index (χ0v) is 13.0. The molecule has 0 saturated carbocycles. The van der Waals surface area contributed by atoms with Gasteiger partial charge in [-0.2, -0.15) is 0 Å². The van der Waals surface area contributed by atoms with E-state index in [0.29, 0.717) is 18.6 Å². The molecule has 2 atom stereocenters. The molecule has 118 valence electrons. The molecule has 3 rings (SSSR count). The van der Waals surface area contributed by atoms with Gasteiger partial charge in [0.1, 0.15) is 0 Å². The second-order valence-corrected chi connectivity index (χ2v) is 7.82. The van der Waals surface area contributed by atoms with E-state index < -0.39 is 15.9 Å². The Morgan fingerprint density at radius 2 is 2.18 bits per heavy atom. The van der Waals surface area contributed by atoms with Gasteiger partial charge in [-0.1, -0.05) is 18.2 Å². The second kappa shape index (κ2) is 6.32. The summed E-state index contributed by atoms with van der Waals surface area (Å²) in [6.07, 6.45) is 1.86. The lowest BCUT2D eigenvalue weighted by Crippen LogP contribution is -2.33. The molecule has 0 radical (unpaired) electrons. The highest BCUT2D eigenvalue weighted by Crippen LogP contribution is 2.19. The van der Waals surface area contributed by atoms with Gasteiger partial charge in [0.25, 0.3) is 0 Å². The van der Waals surface area contributed by atoms with E-state index in [9.17, 15) is 13.5 Å². The number of ether oxygens (including phenoxy) is 1. The average Bonchev–Trinajstić information content (AvgIpc) is 3.00. The lowest BCUT2D eigenvalue weighted by molar-refractivity contribution is 0.0102. The van der Waals surface area contributed by atoms with Crippen molar-refractivity contribution in [3.63, 3.8) is 0 Å². The first kappa shape index (κ1) is 15.4. The summed E-state index contributed by atoms with van der Waals surface area (Å²) in [5, 5.41) is 10.9. The smallest absolute Gasteiger partial charge is 0.157 e. The number of hydrogen-bond acceptors (Lipinski definition) is 5. The van der Waals surface area contributed by atoms with Crippen molar-refractivity contribution in [2.45, 2.75) is 30.8 Å². The molecule has 1 fully saturated rings. The number of aliphatic hydroxyl groups is 1. The van der Waals surface area contributed by atoms with Crippen LogP contribution in [-0.2, 0) is 20.3 Å². The van der Waals surface area contributed by atoms with Gasteiger partial charge in [0.05, 0.1) is 29.2 Å². The maximum Gasteiger partial charge on any atom is 0.157 e. The molecule has 0 bridgehead atoms. The summed E-state index contributed by atoms with van der Waals surface area (Å²) in [7, 11) is -3.41. The molecule has 1 saturated heterocycles. The van der Waals surface area contributed by atoms with Gasteiger partial charge in [-0.25, -0.2) is 8.42 Å². The summed E-state index contributed by atoms with van der Waals surface area (Å²) < 4.78 is 29.9. The van der Waals surface area contributed by atoms with Crippen molar-refractivity contribution in [3.8, 4) is 0 Å². The number of benzene rings is 1. The third-order valence-electron chi connectivity index (χ3n) is 3.85. The van der Waals surface area contributed by atoms with Gasteiger partial charge in [-0.05, 0) is 30.5 Å². The molecule has 1 N–H and O–H groups in total. The van der Waals surface area contributed by atoms with Crippen LogP contribution in [0.5, 0.6) is 0 Å². The zero-order valence-electron chi connectivity index (χ0n) is 12.2. The number of pyridine rings is 1. The van der Waals surface area contributed by atoms with Crippen LogP contribution in [0.4, 0.5) is 0 Å². The van der Waals surface area contributed by atoms with Crippen molar-refractivity contribution in [2.75, 3.05) is 12.4 Å². The lowest BCUT2D eigenvalue weighted by atomic mass is 10.1. The third kappa shape index (κ3) is 3.63. The van der Waals surface area contributed by atoms with E-state index in [4.69, 9.17) is 4.74 Å². The summed E-state index contributed by atoms with van der Waals surface area (Å²) in [5.41, 5.74) is 1.47. The standard InChI is InChI=1S/C16H19NO4S/c18-15(16-6-3-7-21-16)11-22(19,20)10-12-8-13-4-1-2-5-14(13)17-9-12/h1-2,4-5,8-9,15-16,18H,3,6-7,10-11H2. The molecule has 22 heavy (non-hydrogen) atoms. The van der Waals surface area contributed by atoms with Crippen LogP contribution >= 0.6 is 0 Å². The van der Waals surface area contributed by atoms with Crippen LogP contribution in [0.2, 0.25) is 0 Å². The fraction of sp³-hybridized carbons (Fsp3) is 0.438. The minimum atomic E-state index is -3.41. The van der Waals surface area contributed by atoms with E-state index >= 15 is 0 Å². The van der Waals surface area contributed by atoms with Crippen LogP contribution in [0, 0.1) is 0 Å². The van der Waals surface area contributed by atoms with Gasteiger partial charge in [0.15, 0.2) is 9.84 Å². The largest absolute Gasteiger partial charge is 0.389 e. The first-order chi connectivity index (χ1) is 10.5. The average molecular weight is 321 g/mol. The van der Waals surface area contributed by atoms with Gasteiger partial charge in [0.2, 0.25) is 0 Å². The van der Waals surface area contributed by atoms with Crippen molar-refractivity contribution in [1.29, 1.82) is 0 Å². The molecule has 1 aliphatic rings. The van der Waals surface area contributed by atoms with Crippen LogP contribution in [0.1, 0.15) is 18.4 Å². The highest BCUT2D eigenvalue weighted by molar-refractivity contribution is 7.90. The molecule has 2 unspecified atom stereocenters. The Hall–Kier alpha value is -1.50. The molecular weight excluding hydrogens is 302 g/mol. The Labute approximate surface area is 129 Å².